The number of aromatic nitrogens is 2. The van der Waals surface area contributed by atoms with E-state index < -0.39 is 11.5 Å². The van der Waals surface area contributed by atoms with Crippen molar-refractivity contribution in [2.45, 2.75) is 13.3 Å². The van der Waals surface area contributed by atoms with Crippen LogP contribution >= 0.6 is 0 Å². The molecule has 1 aromatic heterocycles. The van der Waals surface area contributed by atoms with Crippen LogP contribution in [0.25, 0.3) is 11.4 Å². The number of hydrogen-bond donors (Lipinski definition) is 2. The van der Waals surface area contributed by atoms with Crippen molar-refractivity contribution in [1.29, 1.82) is 0 Å². The van der Waals surface area contributed by atoms with E-state index in [0.29, 0.717) is 12.4 Å². The zero-order valence-electron chi connectivity index (χ0n) is 10.9. The Morgan fingerprint density at radius 3 is 2.60 bits per heavy atom. The number of ether oxygens (including phenoxy) is 1. The lowest BCUT2D eigenvalue weighted by Gasteiger charge is -2.05. The number of benzene rings is 1. The molecule has 20 heavy (non-hydrogen) atoms. The summed E-state index contributed by atoms with van der Waals surface area (Å²) in [5.74, 6) is 0.0689. The number of nitrogens with one attached hydrogen (secondary N) is 1. The fourth-order valence-electron chi connectivity index (χ4n) is 1.73. The Hall–Kier alpha value is -2.63. The smallest absolute Gasteiger partial charge is 0.308 e. The van der Waals surface area contributed by atoms with Crippen LogP contribution < -0.4 is 10.3 Å². The zero-order valence-corrected chi connectivity index (χ0v) is 10.9. The summed E-state index contributed by atoms with van der Waals surface area (Å²) in [6.45, 7) is 2.48. The highest BCUT2D eigenvalue weighted by molar-refractivity contribution is 5.70. The van der Waals surface area contributed by atoms with Crippen molar-refractivity contribution in [3.8, 4) is 17.1 Å². The van der Waals surface area contributed by atoms with Crippen LogP contribution in [0.15, 0.2) is 35.3 Å². The van der Waals surface area contributed by atoms with Crippen LogP contribution in [-0.2, 0) is 11.2 Å². The third kappa shape index (κ3) is 3.23. The molecule has 0 fully saturated rings. The number of H-pyrrole nitrogens is 1. The number of carbonyl (C=O) groups is 1. The lowest BCUT2D eigenvalue weighted by molar-refractivity contribution is -0.136. The summed E-state index contributed by atoms with van der Waals surface area (Å²) in [4.78, 5) is 29.0. The van der Waals surface area contributed by atoms with E-state index in [9.17, 15) is 9.59 Å². The lowest BCUT2D eigenvalue weighted by Crippen LogP contribution is -2.17. The van der Waals surface area contributed by atoms with Crippen molar-refractivity contribution < 1.29 is 14.6 Å². The van der Waals surface area contributed by atoms with Gasteiger partial charge in [-0.1, -0.05) is 0 Å². The molecule has 0 atom stereocenters. The van der Waals surface area contributed by atoms with Gasteiger partial charge in [-0.25, -0.2) is 4.98 Å². The van der Waals surface area contributed by atoms with E-state index in [1.54, 1.807) is 24.3 Å². The fourth-order valence-corrected chi connectivity index (χ4v) is 1.73. The van der Waals surface area contributed by atoms with Crippen molar-refractivity contribution in [3.05, 3.63) is 46.4 Å². The topological polar surface area (TPSA) is 92.3 Å². The summed E-state index contributed by atoms with van der Waals surface area (Å²) in [5.41, 5.74) is 0.422. The minimum absolute atomic E-state index is 0.132. The van der Waals surface area contributed by atoms with Gasteiger partial charge in [0.1, 0.15) is 11.6 Å². The first-order valence-corrected chi connectivity index (χ1v) is 6.13. The fraction of sp³-hybridized carbons (Fsp3) is 0.214. The van der Waals surface area contributed by atoms with Gasteiger partial charge in [-0.05, 0) is 31.2 Å². The molecular weight excluding hydrogens is 260 g/mol. The highest BCUT2D eigenvalue weighted by atomic mass is 16.5. The maximum Gasteiger partial charge on any atom is 0.308 e. The van der Waals surface area contributed by atoms with Crippen LogP contribution in [0.3, 0.4) is 0 Å². The average molecular weight is 274 g/mol. The number of carboxylic acids is 1. The van der Waals surface area contributed by atoms with E-state index in [2.05, 4.69) is 9.97 Å². The quantitative estimate of drug-likeness (QED) is 0.861. The largest absolute Gasteiger partial charge is 0.494 e. The van der Waals surface area contributed by atoms with Gasteiger partial charge in [0.15, 0.2) is 0 Å². The molecule has 6 nitrogen and oxygen atoms in total. The first kappa shape index (κ1) is 13.8. The maximum atomic E-state index is 11.7. The molecule has 0 aliphatic carbocycles. The highest BCUT2D eigenvalue weighted by Gasteiger charge is 2.08. The van der Waals surface area contributed by atoms with Gasteiger partial charge in [0.2, 0.25) is 0 Å². The Balaban J connectivity index is 2.27. The normalized spacial score (nSPS) is 10.2. The molecule has 0 bridgehead atoms. The first-order chi connectivity index (χ1) is 9.60. The molecule has 1 aromatic carbocycles. The SMILES string of the molecule is CCOc1ccc(-c2ncc(CC(=O)O)c(=O)[nH]2)cc1. The van der Waals surface area contributed by atoms with Crippen molar-refractivity contribution in [3.63, 3.8) is 0 Å². The molecule has 0 unspecified atom stereocenters. The molecular formula is C14H14N2O4. The van der Waals surface area contributed by atoms with Crippen molar-refractivity contribution in [2.75, 3.05) is 6.61 Å². The average Bonchev–Trinajstić information content (AvgIpc) is 2.42. The Labute approximate surface area is 115 Å². The minimum atomic E-state index is -1.06. The molecule has 2 aromatic rings. The molecule has 0 aliphatic heterocycles. The Morgan fingerprint density at radius 2 is 2.05 bits per heavy atom. The summed E-state index contributed by atoms with van der Waals surface area (Å²) < 4.78 is 5.33. The predicted octanol–water partition coefficient (Wildman–Crippen LogP) is 1.46. The summed E-state index contributed by atoms with van der Waals surface area (Å²) in [6, 6.07) is 7.12. The summed E-state index contributed by atoms with van der Waals surface area (Å²) in [6.07, 6.45) is 0.949. The van der Waals surface area contributed by atoms with Crippen molar-refractivity contribution in [1.82, 2.24) is 9.97 Å². The number of hydrogen-bond acceptors (Lipinski definition) is 4. The van der Waals surface area contributed by atoms with E-state index >= 15 is 0 Å². The summed E-state index contributed by atoms with van der Waals surface area (Å²) in [7, 11) is 0. The van der Waals surface area contributed by atoms with Gasteiger partial charge < -0.3 is 14.8 Å². The van der Waals surface area contributed by atoms with Gasteiger partial charge in [0.05, 0.1) is 13.0 Å². The van der Waals surface area contributed by atoms with Crippen LogP contribution in [0.2, 0.25) is 0 Å². The van der Waals surface area contributed by atoms with Crippen LogP contribution in [0.5, 0.6) is 5.75 Å². The van der Waals surface area contributed by atoms with Crippen LogP contribution in [0.4, 0.5) is 0 Å². The highest BCUT2D eigenvalue weighted by Crippen LogP contribution is 2.18. The molecule has 104 valence electrons. The van der Waals surface area contributed by atoms with Crippen LogP contribution in [0, 0.1) is 0 Å². The van der Waals surface area contributed by atoms with Crippen LogP contribution in [0.1, 0.15) is 12.5 Å². The zero-order chi connectivity index (χ0) is 14.5. The Bertz CT molecular complexity index is 662. The van der Waals surface area contributed by atoms with Gasteiger partial charge in [-0.2, -0.15) is 0 Å². The number of nitrogens with zero attached hydrogens (tertiary/aromatic N) is 1. The van der Waals surface area contributed by atoms with Crippen molar-refractivity contribution >= 4 is 5.97 Å². The number of aliphatic carboxylic acids is 1. The summed E-state index contributed by atoms with van der Waals surface area (Å²) >= 11 is 0. The van der Waals surface area contributed by atoms with Gasteiger partial charge in [0.25, 0.3) is 5.56 Å². The number of aromatic amines is 1. The first-order valence-electron chi connectivity index (χ1n) is 6.13. The van der Waals surface area contributed by atoms with Gasteiger partial charge >= 0.3 is 5.97 Å². The number of rotatable bonds is 5. The Kier molecular flexibility index (Phi) is 4.14. The van der Waals surface area contributed by atoms with Gasteiger partial charge in [0, 0.05) is 17.3 Å². The molecule has 0 aliphatic rings. The minimum Gasteiger partial charge on any atom is -0.494 e. The molecule has 2 N–H and O–H groups in total. The molecule has 0 amide bonds. The molecule has 0 radical (unpaired) electrons. The molecule has 1 heterocycles. The maximum absolute atomic E-state index is 11.7. The monoisotopic (exact) mass is 274 g/mol. The van der Waals surface area contributed by atoms with E-state index in [0.717, 1.165) is 11.3 Å². The van der Waals surface area contributed by atoms with Gasteiger partial charge in [-0.15, -0.1) is 0 Å². The standard InChI is InChI=1S/C14H14N2O4/c1-2-20-11-5-3-9(4-6-11)13-15-8-10(7-12(17)18)14(19)16-13/h3-6,8H,2,7H2,1H3,(H,17,18)(H,15,16,19). The third-order valence-electron chi connectivity index (χ3n) is 2.65. The Morgan fingerprint density at radius 1 is 1.35 bits per heavy atom. The van der Waals surface area contributed by atoms with Crippen molar-refractivity contribution in [2.24, 2.45) is 0 Å². The van der Waals surface area contributed by atoms with E-state index in [4.69, 9.17) is 9.84 Å². The second-order valence-corrected chi connectivity index (χ2v) is 4.11. The van der Waals surface area contributed by atoms with E-state index in [1.165, 1.54) is 6.20 Å². The van der Waals surface area contributed by atoms with E-state index in [1.807, 2.05) is 6.92 Å². The summed E-state index contributed by atoms with van der Waals surface area (Å²) in [5, 5.41) is 8.66. The van der Waals surface area contributed by atoms with E-state index in [-0.39, 0.29) is 12.0 Å². The molecule has 6 heteroatoms. The van der Waals surface area contributed by atoms with Crippen LogP contribution in [-0.4, -0.2) is 27.7 Å². The number of carboxylic acid groups (broad SMARTS) is 1. The molecule has 0 spiro atoms. The molecule has 2 rings (SSSR count). The predicted molar refractivity (Wildman–Crippen MR) is 72.8 cm³/mol. The third-order valence-corrected chi connectivity index (χ3v) is 2.65. The molecule has 0 saturated carbocycles. The lowest BCUT2D eigenvalue weighted by atomic mass is 10.2. The van der Waals surface area contributed by atoms with Gasteiger partial charge in [-0.3, -0.25) is 9.59 Å². The molecule has 0 saturated heterocycles. The second kappa shape index (κ2) is 6.01. The second-order valence-electron chi connectivity index (χ2n) is 4.11.